The van der Waals surface area contributed by atoms with Crippen molar-refractivity contribution in [3.05, 3.63) is 18.0 Å². The van der Waals surface area contributed by atoms with Crippen molar-refractivity contribution >= 4 is 11.9 Å². The van der Waals surface area contributed by atoms with Gasteiger partial charge in [-0.3, -0.25) is 9.59 Å². The first-order valence-electron chi connectivity index (χ1n) is 3.89. The van der Waals surface area contributed by atoms with Crippen molar-refractivity contribution in [2.24, 2.45) is 0 Å². The number of carbonyl (C=O) groups excluding carboxylic acids is 2. The topological polar surface area (TPSA) is 69.4 Å². The monoisotopic (exact) mass is 181 g/mol. The van der Waals surface area contributed by atoms with Crippen LogP contribution in [0.2, 0.25) is 0 Å². The molecule has 0 atom stereocenters. The molecule has 5 heteroatoms. The van der Waals surface area contributed by atoms with E-state index in [9.17, 15) is 9.59 Å². The summed E-state index contributed by atoms with van der Waals surface area (Å²) in [7, 11) is 0. The molecule has 0 saturated carbocycles. The minimum absolute atomic E-state index is 0.188. The Morgan fingerprint density at radius 1 is 1.31 bits per heavy atom. The van der Waals surface area contributed by atoms with Crippen molar-refractivity contribution in [2.45, 2.75) is 18.8 Å². The van der Waals surface area contributed by atoms with Crippen LogP contribution < -0.4 is 0 Å². The second-order valence-corrected chi connectivity index (χ2v) is 2.88. The zero-order chi connectivity index (χ0) is 9.26. The maximum absolute atomic E-state index is 10.9. The standard InChI is InChI=1S/C8H7NO4/c10-7-3-5(4-8(11)13-7)6-1-2-12-9-6/h1-2,5H,3-4H2. The molecule has 68 valence electrons. The predicted molar refractivity (Wildman–Crippen MR) is 39.6 cm³/mol. The van der Waals surface area contributed by atoms with E-state index in [1.54, 1.807) is 6.07 Å². The predicted octanol–water partition coefficient (Wildman–Crippen LogP) is 0.622. The molecule has 0 unspecified atom stereocenters. The molecule has 5 nitrogen and oxygen atoms in total. The highest BCUT2D eigenvalue weighted by Gasteiger charge is 2.29. The summed E-state index contributed by atoms with van der Waals surface area (Å²) in [4.78, 5) is 21.8. The van der Waals surface area contributed by atoms with Crippen LogP contribution in [0.4, 0.5) is 0 Å². The van der Waals surface area contributed by atoms with Crippen molar-refractivity contribution < 1.29 is 18.8 Å². The zero-order valence-electron chi connectivity index (χ0n) is 6.73. The van der Waals surface area contributed by atoms with Crippen LogP contribution in [0.3, 0.4) is 0 Å². The third-order valence-corrected chi connectivity index (χ3v) is 1.93. The number of ether oxygens (including phenoxy) is 1. The number of rotatable bonds is 1. The summed E-state index contributed by atoms with van der Waals surface area (Å²) >= 11 is 0. The summed E-state index contributed by atoms with van der Waals surface area (Å²) in [5, 5.41) is 3.67. The molecule has 1 saturated heterocycles. The van der Waals surface area contributed by atoms with Gasteiger partial charge in [0.15, 0.2) is 0 Å². The van der Waals surface area contributed by atoms with E-state index < -0.39 is 11.9 Å². The Morgan fingerprint density at radius 3 is 2.54 bits per heavy atom. The van der Waals surface area contributed by atoms with Crippen LogP contribution in [-0.4, -0.2) is 17.1 Å². The van der Waals surface area contributed by atoms with Crippen LogP contribution in [0.1, 0.15) is 24.5 Å². The number of cyclic esters (lactones) is 2. The van der Waals surface area contributed by atoms with Crippen LogP contribution in [0.15, 0.2) is 16.9 Å². The van der Waals surface area contributed by atoms with Crippen molar-refractivity contribution in [1.29, 1.82) is 0 Å². The van der Waals surface area contributed by atoms with Crippen molar-refractivity contribution in [3.63, 3.8) is 0 Å². The molecule has 2 rings (SSSR count). The lowest BCUT2D eigenvalue weighted by Crippen LogP contribution is -2.24. The van der Waals surface area contributed by atoms with Gasteiger partial charge < -0.3 is 9.26 Å². The minimum Gasteiger partial charge on any atom is -0.393 e. The molecule has 0 radical (unpaired) electrons. The fraction of sp³-hybridized carbons (Fsp3) is 0.375. The molecule has 0 aliphatic carbocycles. The van der Waals surface area contributed by atoms with Crippen molar-refractivity contribution in [2.75, 3.05) is 0 Å². The lowest BCUT2D eigenvalue weighted by molar-refractivity contribution is -0.164. The third kappa shape index (κ3) is 1.58. The minimum atomic E-state index is -0.496. The quantitative estimate of drug-likeness (QED) is 0.469. The van der Waals surface area contributed by atoms with Gasteiger partial charge in [0.05, 0.1) is 18.5 Å². The van der Waals surface area contributed by atoms with Gasteiger partial charge in [-0.1, -0.05) is 5.16 Å². The van der Waals surface area contributed by atoms with Crippen LogP contribution >= 0.6 is 0 Å². The Morgan fingerprint density at radius 2 is 2.00 bits per heavy atom. The molecule has 1 aliphatic rings. The fourth-order valence-corrected chi connectivity index (χ4v) is 1.33. The molecule has 0 amide bonds. The average Bonchev–Trinajstić information content (AvgIpc) is 2.53. The van der Waals surface area contributed by atoms with E-state index in [0.717, 1.165) is 0 Å². The molecule has 0 bridgehead atoms. The lowest BCUT2D eigenvalue weighted by atomic mass is 9.96. The molecule has 1 fully saturated rings. The summed E-state index contributed by atoms with van der Waals surface area (Å²) in [6.07, 6.45) is 1.80. The molecule has 1 aliphatic heterocycles. The SMILES string of the molecule is O=C1CC(c2ccon2)CC(=O)O1. The Hall–Kier alpha value is -1.65. The second-order valence-electron chi connectivity index (χ2n) is 2.88. The molecule has 2 heterocycles. The molecule has 0 spiro atoms. The van der Waals surface area contributed by atoms with Gasteiger partial charge in [-0.05, 0) is 0 Å². The molecule has 1 aromatic heterocycles. The largest absolute Gasteiger partial charge is 0.393 e. The van der Waals surface area contributed by atoms with Crippen LogP contribution in [0, 0.1) is 0 Å². The summed E-state index contributed by atoms with van der Waals surface area (Å²) < 4.78 is 9.00. The molecular formula is C8H7NO4. The van der Waals surface area contributed by atoms with E-state index >= 15 is 0 Å². The maximum atomic E-state index is 10.9. The summed E-state index contributed by atoms with van der Waals surface area (Å²) in [6, 6.07) is 1.65. The normalized spacial score (nSPS) is 18.8. The maximum Gasteiger partial charge on any atom is 0.314 e. The van der Waals surface area contributed by atoms with Crippen LogP contribution in [0.5, 0.6) is 0 Å². The number of esters is 2. The second kappa shape index (κ2) is 3.01. The first-order valence-corrected chi connectivity index (χ1v) is 3.89. The average molecular weight is 181 g/mol. The van der Waals surface area contributed by atoms with E-state index in [1.807, 2.05) is 0 Å². The van der Waals surface area contributed by atoms with Crippen molar-refractivity contribution in [1.82, 2.24) is 5.16 Å². The summed E-state index contributed by atoms with van der Waals surface area (Å²) in [5.41, 5.74) is 0.630. The van der Waals surface area contributed by atoms with Gasteiger partial charge in [-0.25, -0.2) is 0 Å². The Labute approximate surface area is 73.7 Å². The highest BCUT2D eigenvalue weighted by molar-refractivity contribution is 5.89. The van der Waals surface area contributed by atoms with E-state index in [1.165, 1.54) is 6.26 Å². The number of aromatic nitrogens is 1. The van der Waals surface area contributed by atoms with Gasteiger partial charge in [-0.15, -0.1) is 0 Å². The lowest BCUT2D eigenvalue weighted by Gasteiger charge is -2.16. The zero-order valence-corrected chi connectivity index (χ0v) is 6.73. The van der Waals surface area contributed by atoms with Gasteiger partial charge in [-0.2, -0.15) is 0 Å². The van der Waals surface area contributed by atoms with Crippen LogP contribution in [-0.2, 0) is 14.3 Å². The Balaban J connectivity index is 2.16. The van der Waals surface area contributed by atoms with Crippen molar-refractivity contribution in [3.8, 4) is 0 Å². The number of hydrogen-bond acceptors (Lipinski definition) is 5. The highest BCUT2D eigenvalue weighted by atomic mass is 16.6. The van der Waals surface area contributed by atoms with E-state index in [-0.39, 0.29) is 18.8 Å². The Bertz CT molecular complexity index is 314. The van der Waals surface area contributed by atoms with E-state index in [4.69, 9.17) is 0 Å². The smallest absolute Gasteiger partial charge is 0.314 e. The summed E-state index contributed by atoms with van der Waals surface area (Å²) in [5.74, 6) is -1.18. The molecule has 1 aromatic rings. The fourth-order valence-electron chi connectivity index (χ4n) is 1.33. The van der Waals surface area contributed by atoms with E-state index in [2.05, 4.69) is 14.4 Å². The molecule has 0 N–H and O–H groups in total. The number of hydrogen-bond donors (Lipinski definition) is 0. The van der Waals surface area contributed by atoms with Gasteiger partial charge in [0.2, 0.25) is 0 Å². The Kier molecular flexibility index (Phi) is 1.84. The van der Waals surface area contributed by atoms with E-state index in [0.29, 0.717) is 5.69 Å². The first-order chi connectivity index (χ1) is 6.25. The number of carbonyl (C=O) groups is 2. The summed E-state index contributed by atoms with van der Waals surface area (Å²) in [6.45, 7) is 0. The van der Waals surface area contributed by atoms with Gasteiger partial charge in [0.1, 0.15) is 6.26 Å². The first kappa shape index (κ1) is 7.97. The molecular weight excluding hydrogens is 174 g/mol. The highest BCUT2D eigenvalue weighted by Crippen LogP contribution is 2.26. The number of nitrogens with zero attached hydrogens (tertiary/aromatic N) is 1. The van der Waals surface area contributed by atoms with Gasteiger partial charge in [0.25, 0.3) is 0 Å². The van der Waals surface area contributed by atoms with Crippen LogP contribution in [0.25, 0.3) is 0 Å². The third-order valence-electron chi connectivity index (χ3n) is 1.93. The molecule has 0 aromatic carbocycles. The van der Waals surface area contributed by atoms with Gasteiger partial charge >= 0.3 is 11.9 Å². The van der Waals surface area contributed by atoms with Gasteiger partial charge in [0, 0.05) is 12.0 Å². The molecule has 13 heavy (non-hydrogen) atoms.